The molecule has 3 heterocycles. The number of rotatable bonds is 6. The fourth-order valence-electron chi connectivity index (χ4n) is 2.39. The van der Waals surface area contributed by atoms with Gasteiger partial charge in [0.2, 0.25) is 5.76 Å². The summed E-state index contributed by atoms with van der Waals surface area (Å²) in [6.45, 7) is 0.805. The molecule has 3 aromatic heterocycles. The lowest BCUT2D eigenvalue weighted by Gasteiger charge is -2.06. The number of benzene rings is 1. The summed E-state index contributed by atoms with van der Waals surface area (Å²) in [7, 11) is 0. The minimum Gasteiger partial charge on any atom is -0.461 e. The van der Waals surface area contributed by atoms with Gasteiger partial charge in [-0.2, -0.15) is 0 Å². The Morgan fingerprint density at radius 2 is 1.96 bits per heavy atom. The molecular formula is C18H15N3O2S. The van der Waals surface area contributed by atoms with E-state index in [-0.39, 0.29) is 0 Å². The van der Waals surface area contributed by atoms with Crippen LogP contribution in [0.1, 0.15) is 11.3 Å². The average molecular weight is 337 g/mol. The fraction of sp³-hybridized carbons (Fsp3) is 0.111. The Hall–Kier alpha value is -2.73. The van der Waals surface area contributed by atoms with Gasteiger partial charge in [-0.3, -0.25) is 0 Å². The van der Waals surface area contributed by atoms with Crippen LogP contribution in [0, 0.1) is 0 Å². The van der Waals surface area contributed by atoms with Crippen molar-refractivity contribution < 1.29 is 8.94 Å². The molecule has 24 heavy (non-hydrogen) atoms. The highest BCUT2D eigenvalue weighted by molar-refractivity contribution is 7.98. The quantitative estimate of drug-likeness (QED) is 0.486. The number of hydrogen-bond donors (Lipinski definition) is 0. The van der Waals surface area contributed by atoms with E-state index in [1.807, 2.05) is 48.8 Å². The smallest absolute Gasteiger partial charge is 0.202 e. The van der Waals surface area contributed by atoms with Gasteiger partial charge in [0.1, 0.15) is 0 Å². The van der Waals surface area contributed by atoms with Gasteiger partial charge < -0.3 is 13.5 Å². The molecule has 0 N–H and O–H groups in total. The molecule has 1 aromatic carbocycles. The highest BCUT2D eigenvalue weighted by Gasteiger charge is 2.11. The molecule has 0 bridgehead atoms. The molecule has 4 aromatic rings. The summed E-state index contributed by atoms with van der Waals surface area (Å²) in [6, 6.07) is 15.9. The molecule has 0 atom stereocenters. The molecule has 0 aliphatic rings. The molecular weight excluding hydrogens is 322 g/mol. The average Bonchev–Trinajstić information content (AvgIpc) is 3.36. The van der Waals surface area contributed by atoms with E-state index in [1.54, 1.807) is 18.0 Å². The topological polar surface area (TPSA) is 57.0 Å². The first-order chi connectivity index (χ1) is 11.9. The van der Waals surface area contributed by atoms with Crippen LogP contribution in [0.25, 0.3) is 11.5 Å². The molecule has 0 unspecified atom stereocenters. The van der Waals surface area contributed by atoms with Gasteiger partial charge >= 0.3 is 0 Å². The molecule has 0 aliphatic heterocycles. The van der Waals surface area contributed by atoms with E-state index in [1.165, 1.54) is 5.56 Å². The molecule has 0 spiro atoms. The number of imidazole rings is 1. The molecule has 120 valence electrons. The van der Waals surface area contributed by atoms with Crippen LogP contribution in [0.5, 0.6) is 0 Å². The maximum atomic E-state index is 5.32. The second kappa shape index (κ2) is 6.80. The van der Waals surface area contributed by atoms with Crippen LogP contribution in [-0.2, 0) is 12.3 Å². The predicted molar refractivity (Wildman–Crippen MR) is 91.5 cm³/mol. The van der Waals surface area contributed by atoms with Gasteiger partial charge in [-0.05, 0) is 17.7 Å². The SMILES string of the molecule is c1ccc(Cn2ccnc2SCc2cc(-c3ccco3)on2)cc1. The third-order valence-electron chi connectivity index (χ3n) is 3.55. The van der Waals surface area contributed by atoms with Gasteiger partial charge in [0.25, 0.3) is 0 Å². The molecule has 0 radical (unpaired) electrons. The second-order valence-electron chi connectivity index (χ2n) is 5.27. The molecule has 0 amide bonds. The zero-order valence-corrected chi connectivity index (χ0v) is 13.6. The zero-order chi connectivity index (χ0) is 16.2. The van der Waals surface area contributed by atoms with E-state index < -0.39 is 0 Å². The van der Waals surface area contributed by atoms with Crippen molar-refractivity contribution >= 4 is 11.8 Å². The first-order valence-electron chi connectivity index (χ1n) is 7.56. The van der Waals surface area contributed by atoms with Crippen molar-refractivity contribution in [3.8, 4) is 11.5 Å². The molecule has 0 fully saturated rings. The van der Waals surface area contributed by atoms with E-state index in [0.29, 0.717) is 17.3 Å². The highest BCUT2D eigenvalue weighted by Crippen LogP contribution is 2.25. The zero-order valence-electron chi connectivity index (χ0n) is 12.8. The molecule has 4 rings (SSSR count). The Balaban J connectivity index is 1.43. The van der Waals surface area contributed by atoms with Crippen molar-refractivity contribution in [2.45, 2.75) is 17.5 Å². The summed E-state index contributed by atoms with van der Waals surface area (Å²) in [5.74, 6) is 2.02. The maximum Gasteiger partial charge on any atom is 0.202 e. The lowest BCUT2D eigenvalue weighted by atomic mass is 10.2. The van der Waals surface area contributed by atoms with Gasteiger partial charge in [0, 0.05) is 30.8 Å². The van der Waals surface area contributed by atoms with E-state index in [2.05, 4.69) is 26.8 Å². The lowest BCUT2D eigenvalue weighted by molar-refractivity contribution is 0.413. The van der Waals surface area contributed by atoms with Gasteiger partial charge in [0.05, 0.1) is 12.0 Å². The van der Waals surface area contributed by atoms with Crippen LogP contribution in [-0.4, -0.2) is 14.7 Å². The number of aromatic nitrogens is 3. The Morgan fingerprint density at radius 3 is 2.79 bits per heavy atom. The summed E-state index contributed by atoms with van der Waals surface area (Å²) in [5, 5.41) is 5.05. The summed E-state index contributed by atoms with van der Waals surface area (Å²) in [5.41, 5.74) is 2.11. The van der Waals surface area contributed by atoms with Crippen molar-refractivity contribution in [2.24, 2.45) is 0 Å². The monoisotopic (exact) mass is 337 g/mol. The largest absolute Gasteiger partial charge is 0.461 e. The van der Waals surface area contributed by atoms with E-state index >= 15 is 0 Å². The highest BCUT2D eigenvalue weighted by atomic mass is 32.2. The first kappa shape index (κ1) is 14.8. The molecule has 0 saturated heterocycles. The molecule has 0 saturated carbocycles. The summed E-state index contributed by atoms with van der Waals surface area (Å²) < 4.78 is 12.8. The van der Waals surface area contributed by atoms with Gasteiger partial charge in [-0.25, -0.2) is 4.98 Å². The predicted octanol–water partition coefficient (Wildman–Crippen LogP) is 4.47. The molecule has 6 heteroatoms. The minimum atomic E-state index is 0.642. The number of nitrogens with zero attached hydrogens (tertiary/aromatic N) is 3. The number of furan rings is 1. The maximum absolute atomic E-state index is 5.32. The van der Waals surface area contributed by atoms with Crippen LogP contribution >= 0.6 is 11.8 Å². The van der Waals surface area contributed by atoms with E-state index in [9.17, 15) is 0 Å². The lowest BCUT2D eigenvalue weighted by Crippen LogP contribution is -2.00. The van der Waals surface area contributed by atoms with Crippen molar-refractivity contribution in [1.29, 1.82) is 0 Å². The van der Waals surface area contributed by atoms with Crippen molar-refractivity contribution in [3.63, 3.8) is 0 Å². The third-order valence-corrected chi connectivity index (χ3v) is 4.58. The summed E-state index contributed by atoms with van der Waals surface area (Å²) in [4.78, 5) is 4.43. The van der Waals surface area contributed by atoms with Crippen LogP contribution in [0.15, 0.2) is 81.3 Å². The number of thioether (sulfide) groups is 1. The third kappa shape index (κ3) is 3.28. The standard InChI is InChI=1S/C18H15N3O2S/c1-2-5-14(6-3-1)12-21-9-8-19-18(21)24-13-15-11-17(23-20-15)16-7-4-10-22-16/h1-11H,12-13H2. The first-order valence-corrected chi connectivity index (χ1v) is 8.54. The van der Waals surface area contributed by atoms with E-state index in [4.69, 9.17) is 8.94 Å². The van der Waals surface area contributed by atoms with Gasteiger partial charge in [0.15, 0.2) is 10.9 Å². The second-order valence-corrected chi connectivity index (χ2v) is 6.21. The summed E-state index contributed by atoms with van der Waals surface area (Å²) >= 11 is 1.64. The van der Waals surface area contributed by atoms with Crippen LogP contribution in [0.3, 0.4) is 0 Å². The van der Waals surface area contributed by atoms with Gasteiger partial charge in [-0.15, -0.1) is 0 Å². The molecule has 5 nitrogen and oxygen atoms in total. The van der Waals surface area contributed by atoms with Crippen LogP contribution in [0.4, 0.5) is 0 Å². The van der Waals surface area contributed by atoms with Crippen molar-refractivity contribution in [3.05, 3.63) is 78.4 Å². The summed E-state index contributed by atoms with van der Waals surface area (Å²) in [6.07, 6.45) is 5.43. The molecule has 0 aliphatic carbocycles. The van der Waals surface area contributed by atoms with Crippen molar-refractivity contribution in [2.75, 3.05) is 0 Å². The minimum absolute atomic E-state index is 0.642. The Morgan fingerprint density at radius 1 is 1.04 bits per heavy atom. The normalized spacial score (nSPS) is 11.0. The number of hydrogen-bond acceptors (Lipinski definition) is 5. The van der Waals surface area contributed by atoms with Crippen LogP contribution < -0.4 is 0 Å². The van der Waals surface area contributed by atoms with E-state index in [0.717, 1.165) is 17.4 Å². The Labute approximate surface area is 143 Å². The Bertz CT molecular complexity index is 897. The van der Waals surface area contributed by atoms with Crippen molar-refractivity contribution in [1.82, 2.24) is 14.7 Å². The Kier molecular flexibility index (Phi) is 4.20. The fourth-order valence-corrected chi connectivity index (χ4v) is 3.23. The van der Waals surface area contributed by atoms with Gasteiger partial charge in [-0.1, -0.05) is 47.3 Å². The van der Waals surface area contributed by atoms with Crippen LogP contribution in [0.2, 0.25) is 0 Å².